The molecule has 0 aliphatic heterocycles. The van der Waals surface area contributed by atoms with E-state index in [4.69, 9.17) is 5.11 Å². The van der Waals surface area contributed by atoms with E-state index in [2.05, 4.69) is 10.3 Å². The molecule has 0 saturated carbocycles. The first-order valence-electron chi connectivity index (χ1n) is 5.99. The third-order valence-electron chi connectivity index (χ3n) is 2.78. The van der Waals surface area contributed by atoms with Crippen LogP contribution in [0.2, 0.25) is 0 Å². The van der Waals surface area contributed by atoms with Gasteiger partial charge >= 0.3 is 5.97 Å². The van der Waals surface area contributed by atoms with Crippen LogP contribution in [0.1, 0.15) is 35.1 Å². The molecule has 0 radical (unpaired) electrons. The van der Waals surface area contributed by atoms with Crippen molar-refractivity contribution in [3.05, 3.63) is 41.0 Å². The molecule has 19 heavy (non-hydrogen) atoms. The van der Waals surface area contributed by atoms with Crippen molar-refractivity contribution in [2.75, 3.05) is 0 Å². The molecule has 1 aromatic heterocycles. The summed E-state index contributed by atoms with van der Waals surface area (Å²) in [5.74, 6) is -1.60. The molecule has 0 bridgehead atoms. The van der Waals surface area contributed by atoms with E-state index in [9.17, 15) is 9.18 Å². The number of carbonyl (C=O) groups is 1. The van der Waals surface area contributed by atoms with Gasteiger partial charge in [0.05, 0.1) is 5.69 Å². The molecule has 100 valence electrons. The standard InChI is InChI=1S/C13H14FN3O2/c1-3-4-11-12(13(18)19)15-16-17(11)10-6-5-8(2)7-9(10)14/h5-7H,3-4H2,1-2H3,(H,18,19). The van der Waals surface area contributed by atoms with Gasteiger partial charge in [-0.3, -0.25) is 0 Å². The molecule has 0 aliphatic carbocycles. The number of hydrogen-bond donors (Lipinski definition) is 1. The second kappa shape index (κ2) is 5.17. The van der Waals surface area contributed by atoms with Crippen molar-refractivity contribution in [2.45, 2.75) is 26.7 Å². The van der Waals surface area contributed by atoms with Crippen molar-refractivity contribution in [3.8, 4) is 5.69 Å². The number of hydrogen-bond acceptors (Lipinski definition) is 3. The second-order valence-electron chi connectivity index (χ2n) is 4.31. The van der Waals surface area contributed by atoms with Gasteiger partial charge in [0.15, 0.2) is 5.69 Å². The molecule has 1 heterocycles. The topological polar surface area (TPSA) is 68.0 Å². The molecule has 0 unspecified atom stereocenters. The highest BCUT2D eigenvalue weighted by Crippen LogP contribution is 2.18. The molecule has 2 aromatic rings. The van der Waals surface area contributed by atoms with Crippen LogP contribution in [0.5, 0.6) is 0 Å². The van der Waals surface area contributed by atoms with E-state index in [1.807, 2.05) is 6.92 Å². The van der Waals surface area contributed by atoms with Crippen LogP contribution in [0.15, 0.2) is 18.2 Å². The van der Waals surface area contributed by atoms with Gasteiger partial charge in [-0.15, -0.1) is 5.10 Å². The number of nitrogens with zero attached hydrogens (tertiary/aromatic N) is 3. The molecule has 1 aromatic carbocycles. The fourth-order valence-electron chi connectivity index (χ4n) is 1.91. The van der Waals surface area contributed by atoms with Crippen LogP contribution in [-0.4, -0.2) is 26.1 Å². The largest absolute Gasteiger partial charge is 0.476 e. The van der Waals surface area contributed by atoms with Gasteiger partial charge < -0.3 is 5.11 Å². The minimum Gasteiger partial charge on any atom is -0.476 e. The Kier molecular flexibility index (Phi) is 3.59. The summed E-state index contributed by atoms with van der Waals surface area (Å²) in [6.07, 6.45) is 1.20. The van der Waals surface area contributed by atoms with Crippen LogP contribution in [0.4, 0.5) is 4.39 Å². The van der Waals surface area contributed by atoms with Crippen molar-refractivity contribution in [1.29, 1.82) is 0 Å². The Morgan fingerprint density at radius 2 is 2.21 bits per heavy atom. The maximum atomic E-state index is 13.9. The number of rotatable bonds is 4. The van der Waals surface area contributed by atoms with E-state index in [0.717, 1.165) is 12.0 Å². The highest BCUT2D eigenvalue weighted by molar-refractivity contribution is 5.86. The fourth-order valence-corrected chi connectivity index (χ4v) is 1.91. The molecule has 0 atom stereocenters. The lowest BCUT2D eigenvalue weighted by Crippen LogP contribution is -2.08. The summed E-state index contributed by atoms with van der Waals surface area (Å²) in [7, 11) is 0. The van der Waals surface area contributed by atoms with Crippen LogP contribution < -0.4 is 0 Å². The first-order chi connectivity index (χ1) is 9.04. The fraction of sp³-hybridized carbons (Fsp3) is 0.308. The van der Waals surface area contributed by atoms with Gasteiger partial charge in [-0.05, 0) is 31.0 Å². The lowest BCUT2D eigenvalue weighted by Gasteiger charge is -2.07. The molecule has 0 spiro atoms. The SMILES string of the molecule is CCCc1c(C(=O)O)nnn1-c1ccc(C)cc1F. The van der Waals surface area contributed by atoms with E-state index in [1.54, 1.807) is 19.1 Å². The Morgan fingerprint density at radius 3 is 2.79 bits per heavy atom. The number of carboxylic acids is 1. The second-order valence-corrected chi connectivity index (χ2v) is 4.31. The quantitative estimate of drug-likeness (QED) is 0.919. The molecular formula is C13H14FN3O2. The molecule has 2 rings (SSSR count). The number of aromatic carboxylic acids is 1. The Balaban J connectivity index is 2.58. The summed E-state index contributed by atoms with van der Waals surface area (Å²) in [6, 6.07) is 4.70. The van der Waals surface area contributed by atoms with Gasteiger partial charge in [0, 0.05) is 0 Å². The van der Waals surface area contributed by atoms with Crippen LogP contribution >= 0.6 is 0 Å². The lowest BCUT2D eigenvalue weighted by molar-refractivity contribution is 0.0689. The molecule has 0 fully saturated rings. The van der Waals surface area contributed by atoms with Gasteiger partial charge in [0.1, 0.15) is 11.5 Å². The summed E-state index contributed by atoms with van der Waals surface area (Å²) in [5.41, 5.74) is 1.30. The Hall–Kier alpha value is -2.24. The van der Waals surface area contributed by atoms with E-state index < -0.39 is 11.8 Å². The summed E-state index contributed by atoms with van der Waals surface area (Å²) in [6.45, 7) is 3.69. The molecular weight excluding hydrogens is 249 g/mol. The predicted molar refractivity (Wildman–Crippen MR) is 67.0 cm³/mol. The lowest BCUT2D eigenvalue weighted by atomic mass is 10.2. The van der Waals surface area contributed by atoms with Gasteiger partial charge in [0.2, 0.25) is 0 Å². The molecule has 1 N–H and O–H groups in total. The summed E-state index contributed by atoms with van der Waals surface area (Å²) >= 11 is 0. The average Bonchev–Trinajstić information content (AvgIpc) is 2.73. The minimum atomic E-state index is -1.15. The van der Waals surface area contributed by atoms with E-state index in [-0.39, 0.29) is 11.4 Å². The first kappa shape index (κ1) is 13.2. The van der Waals surface area contributed by atoms with Crippen LogP contribution in [0.25, 0.3) is 5.69 Å². The zero-order valence-electron chi connectivity index (χ0n) is 10.7. The van der Waals surface area contributed by atoms with E-state index in [1.165, 1.54) is 10.7 Å². The highest BCUT2D eigenvalue weighted by Gasteiger charge is 2.20. The molecule has 0 aliphatic rings. The van der Waals surface area contributed by atoms with Crippen molar-refractivity contribution in [1.82, 2.24) is 15.0 Å². The van der Waals surface area contributed by atoms with E-state index >= 15 is 0 Å². The van der Waals surface area contributed by atoms with Crippen LogP contribution in [0, 0.1) is 12.7 Å². The normalized spacial score (nSPS) is 10.7. The third kappa shape index (κ3) is 2.47. The van der Waals surface area contributed by atoms with Gasteiger partial charge in [-0.2, -0.15) is 0 Å². The van der Waals surface area contributed by atoms with Gasteiger partial charge in [0.25, 0.3) is 0 Å². The number of aryl methyl sites for hydroxylation is 1. The summed E-state index contributed by atoms with van der Waals surface area (Å²) in [5, 5.41) is 16.4. The Morgan fingerprint density at radius 1 is 1.47 bits per heavy atom. The maximum absolute atomic E-state index is 13.9. The number of halogens is 1. The Bertz CT molecular complexity index is 622. The number of benzene rings is 1. The van der Waals surface area contributed by atoms with Crippen molar-refractivity contribution >= 4 is 5.97 Å². The van der Waals surface area contributed by atoms with Gasteiger partial charge in [-0.1, -0.05) is 24.6 Å². The molecule has 0 amide bonds. The summed E-state index contributed by atoms with van der Waals surface area (Å²) < 4.78 is 15.2. The van der Waals surface area contributed by atoms with Crippen LogP contribution in [-0.2, 0) is 6.42 Å². The van der Waals surface area contributed by atoms with E-state index in [0.29, 0.717) is 12.1 Å². The summed E-state index contributed by atoms with van der Waals surface area (Å²) in [4.78, 5) is 11.1. The zero-order valence-corrected chi connectivity index (χ0v) is 10.7. The minimum absolute atomic E-state index is 0.123. The third-order valence-corrected chi connectivity index (χ3v) is 2.78. The zero-order chi connectivity index (χ0) is 14.0. The molecule has 0 saturated heterocycles. The number of carboxylic acid groups (broad SMARTS) is 1. The number of aromatic nitrogens is 3. The van der Waals surface area contributed by atoms with Gasteiger partial charge in [-0.25, -0.2) is 13.9 Å². The monoisotopic (exact) mass is 263 g/mol. The van der Waals surface area contributed by atoms with Crippen molar-refractivity contribution in [3.63, 3.8) is 0 Å². The van der Waals surface area contributed by atoms with Crippen molar-refractivity contribution in [2.24, 2.45) is 0 Å². The predicted octanol–water partition coefficient (Wildman–Crippen LogP) is 2.37. The Labute approximate surface area is 109 Å². The maximum Gasteiger partial charge on any atom is 0.358 e. The first-order valence-corrected chi connectivity index (χ1v) is 5.99. The van der Waals surface area contributed by atoms with Crippen molar-refractivity contribution < 1.29 is 14.3 Å². The average molecular weight is 263 g/mol. The highest BCUT2D eigenvalue weighted by atomic mass is 19.1. The molecule has 6 heteroatoms. The molecule has 5 nitrogen and oxygen atoms in total. The van der Waals surface area contributed by atoms with Crippen LogP contribution in [0.3, 0.4) is 0 Å². The smallest absolute Gasteiger partial charge is 0.358 e.